The van der Waals surface area contributed by atoms with Crippen LogP contribution in [0.2, 0.25) is 0 Å². The lowest BCUT2D eigenvalue weighted by molar-refractivity contribution is -0.231. The molecular weight excluding hydrogens is 219 g/mol. The summed E-state index contributed by atoms with van der Waals surface area (Å²) >= 11 is 0. The number of methoxy groups -OCH3 is 1. The van der Waals surface area contributed by atoms with Crippen molar-refractivity contribution in [1.82, 2.24) is 0 Å². The molecule has 1 saturated carbocycles. The van der Waals surface area contributed by atoms with Crippen molar-refractivity contribution in [2.24, 2.45) is 17.6 Å². The van der Waals surface area contributed by atoms with Gasteiger partial charge in [-0.05, 0) is 37.6 Å². The zero-order valence-corrected chi connectivity index (χ0v) is 9.59. The van der Waals surface area contributed by atoms with E-state index in [9.17, 15) is 13.2 Å². The van der Waals surface area contributed by atoms with E-state index in [-0.39, 0.29) is 5.92 Å². The molecule has 0 radical (unpaired) electrons. The van der Waals surface area contributed by atoms with Crippen molar-refractivity contribution >= 4 is 0 Å². The van der Waals surface area contributed by atoms with Crippen LogP contribution in [0.25, 0.3) is 0 Å². The number of hydrogen-bond donors (Lipinski definition) is 1. The van der Waals surface area contributed by atoms with Gasteiger partial charge in [0.15, 0.2) is 6.10 Å². The van der Waals surface area contributed by atoms with Crippen LogP contribution in [0.3, 0.4) is 0 Å². The number of alkyl halides is 3. The average molecular weight is 239 g/mol. The van der Waals surface area contributed by atoms with E-state index >= 15 is 0 Å². The molecule has 0 aromatic heterocycles. The van der Waals surface area contributed by atoms with E-state index in [0.717, 1.165) is 26.4 Å². The maximum Gasteiger partial charge on any atom is 0.414 e. The number of ether oxygens (including phenoxy) is 1. The van der Waals surface area contributed by atoms with Crippen molar-refractivity contribution in [3.8, 4) is 0 Å². The summed E-state index contributed by atoms with van der Waals surface area (Å²) < 4.78 is 42.4. The number of nitrogens with two attached hydrogens (primary N) is 1. The van der Waals surface area contributed by atoms with Crippen molar-refractivity contribution in [2.75, 3.05) is 13.7 Å². The van der Waals surface area contributed by atoms with Crippen LogP contribution < -0.4 is 5.73 Å². The fourth-order valence-corrected chi connectivity index (χ4v) is 2.61. The summed E-state index contributed by atoms with van der Waals surface area (Å²) in [5.74, 6) is 0.131. The minimum absolute atomic E-state index is 0.376. The van der Waals surface area contributed by atoms with E-state index in [1.165, 1.54) is 0 Å². The first-order chi connectivity index (χ1) is 7.49. The maximum absolute atomic E-state index is 12.6. The van der Waals surface area contributed by atoms with Gasteiger partial charge in [-0.3, -0.25) is 0 Å². The Morgan fingerprint density at radius 3 is 2.19 bits per heavy atom. The van der Waals surface area contributed by atoms with Crippen molar-refractivity contribution in [3.63, 3.8) is 0 Å². The molecule has 1 aliphatic rings. The van der Waals surface area contributed by atoms with Crippen molar-refractivity contribution < 1.29 is 17.9 Å². The highest BCUT2D eigenvalue weighted by molar-refractivity contribution is 4.82. The lowest BCUT2D eigenvalue weighted by Crippen LogP contribution is -2.39. The molecule has 0 spiro atoms. The molecule has 0 aromatic rings. The average Bonchev–Trinajstić information content (AvgIpc) is 2.20. The van der Waals surface area contributed by atoms with Gasteiger partial charge in [-0.25, -0.2) is 0 Å². The fraction of sp³-hybridized carbons (Fsp3) is 1.00. The van der Waals surface area contributed by atoms with E-state index in [1.54, 1.807) is 0 Å². The molecule has 1 aliphatic carbocycles. The van der Waals surface area contributed by atoms with Gasteiger partial charge in [0.05, 0.1) is 0 Å². The van der Waals surface area contributed by atoms with Gasteiger partial charge < -0.3 is 10.5 Å². The molecule has 0 aromatic carbocycles. The van der Waals surface area contributed by atoms with E-state index in [2.05, 4.69) is 4.74 Å². The van der Waals surface area contributed by atoms with Gasteiger partial charge in [0.25, 0.3) is 0 Å². The van der Waals surface area contributed by atoms with E-state index in [0.29, 0.717) is 25.3 Å². The first kappa shape index (κ1) is 13.8. The van der Waals surface area contributed by atoms with Crippen LogP contribution in [0.5, 0.6) is 0 Å². The standard InChI is InChI=1S/C11H20F3NO/c1-16-10(11(12,13)14)9-4-2-8(3-5-9)6-7-15/h8-10H,2-7,15H2,1H3. The van der Waals surface area contributed by atoms with Crippen LogP contribution in [-0.4, -0.2) is 25.9 Å². The summed E-state index contributed by atoms with van der Waals surface area (Å²) in [6.45, 7) is 0.627. The number of hydrogen-bond acceptors (Lipinski definition) is 2. The van der Waals surface area contributed by atoms with Crippen LogP contribution in [0.1, 0.15) is 32.1 Å². The largest absolute Gasteiger partial charge is 0.414 e. The highest BCUT2D eigenvalue weighted by atomic mass is 19.4. The Hall–Kier alpha value is -0.290. The molecule has 96 valence electrons. The lowest BCUT2D eigenvalue weighted by Gasteiger charge is -2.33. The second-order valence-corrected chi connectivity index (χ2v) is 4.56. The van der Waals surface area contributed by atoms with Gasteiger partial charge in [0, 0.05) is 7.11 Å². The zero-order chi connectivity index (χ0) is 12.2. The van der Waals surface area contributed by atoms with Crippen LogP contribution in [0.4, 0.5) is 13.2 Å². The van der Waals surface area contributed by atoms with Gasteiger partial charge >= 0.3 is 6.18 Å². The maximum atomic E-state index is 12.6. The van der Waals surface area contributed by atoms with E-state index in [4.69, 9.17) is 5.73 Å². The van der Waals surface area contributed by atoms with E-state index in [1.807, 2.05) is 0 Å². The van der Waals surface area contributed by atoms with Gasteiger partial charge in [-0.15, -0.1) is 0 Å². The predicted molar refractivity (Wildman–Crippen MR) is 56.0 cm³/mol. The monoisotopic (exact) mass is 239 g/mol. The molecule has 1 atom stereocenters. The molecule has 1 unspecified atom stereocenters. The molecule has 0 bridgehead atoms. The minimum atomic E-state index is -4.24. The normalized spacial score (nSPS) is 29.1. The van der Waals surface area contributed by atoms with Crippen LogP contribution >= 0.6 is 0 Å². The Kier molecular flexibility index (Phi) is 5.05. The van der Waals surface area contributed by atoms with Crippen molar-refractivity contribution in [3.05, 3.63) is 0 Å². The second-order valence-electron chi connectivity index (χ2n) is 4.56. The Bertz CT molecular complexity index is 200. The van der Waals surface area contributed by atoms with Crippen LogP contribution in [0, 0.1) is 11.8 Å². The van der Waals surface area contributed by atoms with Gasteiger partial charge in [-0.1, -0.05) is 12.8 Å². The highest BCUT2D eigenvalue weighted by Gasteiger charge is 2.45. The summed E-state index contributed by atoms with van der Waals surface area (Å²) in [6, 6.07) is 0. The molecule has 1 fully saturated rings. The SMILES string of the molecule is COC(C1CCC(CCN)CC1)C(F)(F)F. The Labute approximate surface area is 94.3 Å². The summed E-state index contributed by atoms with van der Waals surface area (Å²) in [7, 11) is 1.14. The Morgan fingerprint density at radius 2 is 1.81 bits per heavy atom. The van der Waals surface area contributed by atoms with Crippen molar-refractivity contribution in [1.29, 1.82) is 0 Å². The van der Waals surface area contributed by atoms with Gasteiger partial charge in [0.2, 0.25) is 0 Å². The van der Waals surface area contributed by atoms with Crippen LogP contribution in [0.15, 0.2) is 0 Å². The molecule has 0 heterocycles. The topological polar surface area (TPSA) is 35.2 Å². The molecule has 0 aliphatic heterocycles. The van der Waals surface area contributed by atoms with Gasteiger partial charge in [-0.2, -0.15) is 13.2 Å². The molecule has 0 saturated heterocycles. The van der Waals surface area contributed by atoms with E-state index < -0.39 is 12.3 Å². The second kappa shape index (κ2) is 5.87. The number of halogens is 3. The Balaban J connectivity index is 2.45. The predicted octanol–water partition coefficient (Wildman–Crippen LogP) is 2.72. The smallest absolute Gasteiger partial charge is 0.372 e. The molecular formula is C11H20F3NO. The highest BCUT2D eigenvalue weighted by Crippen LogP contribution is 2.38. The third kappa shape index (κ3) is 3.63. The minimum Gasteiger partial charge on any atom is -0.372 e. The molecule has 1 rings (SSSR count). The molecule has 16 heavy (non-hydrogen) atoms. The molecule has 5 heteroatoms. The zero-order valence-electron chi connectivity index (χ0n) is 9.59. The molecule has 0 amide bonds. The quantitative estimate of drug-likeness (QED) is 0.818. The molecule has 2 N–H and O–H groups in total. The Morgan fingerprint density at radius 1 is 1.25 bits per heavy atom. The fourth-order valence-electron chi connectivity index (χ4n) is 2.61. The summed E-state index contributed by atoms with van der Waals surface area (Å²) in [4.78, 5) is 0. The first-order valence-electron chi connectivity index (χ1n) is 5.78. The molecule has 2 nitrogen and oxygen atoms in total. The summed E-state index contributed by atoms with van der Waals surface area (Å²) in [5, 5.41) is 0. The number of rotatable bonds is 4. The lowest BCUT2D eigenvalue weighted by atomic mass is 9.78. The first-order valence-corrected chi connectivity index (χ1v) is 5.78. The summed E-state index contributed by atoms with van der Waals surface area (Å²) in [6.07, 6.45) is -2.01. The third-order valence-corrected chi connectivity index (χ3v) is 3.47. The van der Waals surface area contributed by atoms with Crippen LogP contribution in [-0.2, 0) is 4.74 Å². The van der Waals surface area contributed by atoms with Gasteiger partial charge in [0.1, 0.15) is 0 Å². The van der Waals surface area contributed by atoms with Crippen molar-refractivity contribution in [2.45, 2.75) is 44.4 Å². The third-order valence-electron chi connectivity index (χ3n) is 3.47. The summed E-state index contributed by atoms with van der Waals surface area (Å²) in [5.41, 5.74) is 5.44.